The smallest absolute Gasteiger partial charge is 0.337 e. The molecule has 2 N–H and O–H groups in total. The van der Waals surface area contributed by atoms with Crippen molar-refractivity contribution in [2.75, 3.05) is 7.11 Å². The summed E-state index contributed by atoms with van der Waals surface area (Å²) in [5, 5.41) is 8.95. The predicted molar refractivity (Wildman–Crippen MR) is 74.3 cm³/mol. The number of nitrogens with one attached hydrogen (secondary N) is 1. The quantitative estimate of drug-likeness (QED) is 0.568. The van der Waals surface area contributed by atoms with Gasteiger partial charge in [0.1, 0.15) is 6.04 Å². The van der Waals surface area contributed by atoms with E-state index in [0.29, 0.717) is 0 Å². The van der Waals surface area contributed by atoms with E-state index in [2.05, 4.69) is 11.3 Å². The van der Waals surface area contributed by atoms with E-state index in [0.717, 1.165) is 6.07 Å². The monoisotopic (exact) mass is 313 g/mol. The normalized spacial score (nSPS) is 12.4. The molecule has 7 nitrogen and oxygen atoms in total. The van der Waals surface area contributed by atoms with E-state index >= 15 is 0 Å². The first kappa shape index (κ1) is 16.9. The van der Waals surface area contributed by atoms with Crippen LogP contribution >= 0.6 is 0 Å². The highest BCUT2D eigenvalue weighted by Gasteiger charge is 2.24. The highest BCUT2D eigenvalue weighted by Crippen LogP contribution is 2.13. The molecule has 1 atom stereocenters. The fourth-order valence-corrected chi connectivity index (χ4v) is 2.78. The number of sulfonamides is 1. The Hall–Kier alpha value is -2.19. The lowest BCUT2D eigenvalue weighted by Crippen LogP contribution is -2.40. The first-order valence-corrected chi connectivity index (χ1v) is 7.34. The summed E-state index contributed by atoms with van der Waals surface area (Å²) >= 11 is 0. The highest BCUT2D eigenvalue weighted by atomic mass is 32.2. The second-order valence-corrected chi connectivity index (χ2v) is 5.77. The van der Waals surface area contributed by atoms with Gasteiger partial charge < -0.3 is 9.84 Å². The lowest BCUT2D eigenvalue weighted by atomic mass is 10.2. The molecule has 0 aliphatic rings. The molecule has 0 fully saturated rings. The van der Waals surface area contributed by atoms with Crippen LogP contribution in [0.5, 0.6) is 0 Å². The van der Waals surface area contributed by atoms with Crippen LogP contribution in [0.25, 0.3) is 0 Å². The van der Waals surface area contributed by atoms with Gasteiger partial charge in [-0.2, -0.15) is 4.72 Å². The molecule has 0 bridgehead atoms. The summed E-state index contributed by atoms with van der Waals surface area (Å²) in [6.45, 7) is 3.37. The molecule has 0 aromatic heterocycles. The molecular formula is C13H15NO6S. The highest BCUT2D eigenvalue weighted by molar-refractivity contribution is 7.89. The Balaban J connectivity index is 3.10. The van der Waals surface area contributed by atoms with Crippen molar-refractivity contribution in [3.63, 3.8) is 0 Å². The Morgan fingerprint density at radius 1 is 1.48 bits per heavy atom. The van der Waals surface area contributed by atoms with E-state index in [1.807, 2.05) is 4.72 Å². The molecule has 0 radical (unpaired) electrons. The molecule has 0 spiro atoms. The van der Waals surface area contributed by atoms with Crippen LogP contribution in [0.2, 0.25) is 0 Å². The van der Waals surface area contributed by atoms with Crippen molar-refractivity contribution in [3.05, 3.63) is 42.5 Å². The fraction of sp³-hybridized carbons (Fsp3) is 0.231. The van der Waals surface area contributed by atoms with Gasteiger partial charge in [0.05, 0.1) is 17.6 Å². The number of benzene rings is 1. The summed E-state index contributed by atoms with van der Waals surface area (Å²) in [5.74, 6) is -2.00. The van der Waals surface area contributed by atoms with Crippen molar-refractivity contribution in [3.8, 4) is 0 Å². The SMILES string of the molecule is C=CCC(NS(=O)(=O)c1cccc(C(=O)OC)c1)C(=O)O. The number of methoxy groups -OCH3 is 1. The lowest BCUT2D eigenvalue weighted by Gasteiger charge is -2.13. The first-order valence-electron chi connectivity index (χ1n) is 5.86. The topological polar surface area (TPSA) is 110 Å². The van der Waals surface area contributed by atoms with Crippen molar-refractivity contribution in [1.82, 2.24) is 4.72 Å². The van der Waals surface area contributed by atoms with E-state index in [4.69, 9.17) is 5.11 Å². The molecule has 0 saturated heterocycles. The Morgan fingerprint density at radius 2 is 2.14 bits per heavy atom. The summed E-state index contributed by atoms with van der Waals surface area (Å²) < 4.78 is 30.8. The van der Waals surface area contributed by atoms with Gasteiger partial charge in [-0.3, -0.25) is 4.79 Å². The van der Waals surface area contributed by atoms with Crippen LogP contribution in [0, 0.1) is 0 Å². The largest absolute Gasteiger partial charge is 0.480 e. The molecule has 1 aromatic carbocycles. The summed E-state index contributed by atoms with van der Waals surface area (Å²) in [7, 11) is -2.90. The molecule has 1 aromatic rings. The first-order chi connectivity index (χ1) is 9.81. The Kier molecular flexibility index (Phi) is 5.62. The van der Waals surface area contributed by atoms with Crippen LogP contribution in [-0.4, -0.2) is 38.6 Å². The molecule has 114 valence electrons. The number of carboxylic acid groups (broad SMARTS) is 1. The van der Waals surface area contributed by atoms with Gasteiger partial charge in [-0.05, 0) is 24.6 Å². The Morgan fingerprint density at radius 3 is 2.67 bits per heavy atom. The number of hydrogen-bond acceptors (Lipinski definition) is 5. The van der Waals surface area contributed by atoms with Crippen molar-refractivity contribution < 1.29 is 27.9 Å². The molecular weight excluding hydrogens is 298 g/mol. The van der Waals surface area contributed by atoms with Crippen LogP contribution in [0.15, 0.2) is 41.8 Å². The third-order valence-electron chi connectivity index (χ3n) is 2.56. The number of rotatable bonds is 7. The summed E-state index contributed by atoms with van der Waals surface area (Å²) in [4.78, 5) is 22.1. The maximum Gasteiger partial charge on any atom is 0.337 e. The third-order valence-corrected chi connectivity index (χ3v) is 4.03. The van der Waals surface area contributed by atoms with E-state index in [1.165, 1.54) is 31.4 Å². The molecule has 1 rings (SSSR count). The van der Waals surface area contributed by atoms with Crippen LogP contribution in [0.3, 0.4) is 0 Å². The summed E-state index contributed by atoms with van der Waals surface area (Å²) in [6.07, 6.45) is 1.23. The maximum atomic E-state index is 12.1. The van der Waals surface area contributed by atoms with Crippen LogP contribution in [-0.2, 0) is 19.6 Å². The van der Waals surface area contributed by atoms with Gasteiger partial charge in [0.25, 0.3) is 0 Å². The second-order valence-electron chi connectivity index (χ2n) is 4.06. The fourth-order valence-electron chi connectivity index (χ4n) is 1.53. The van der Waals surface area contributed by atoms with Crippen molar-refractivity contribution >= 4 is 22.0 Å². The zero-order valence-corrected chi connectivity index (χ0v) is 12.1. The van der Waals surface area contributed by atoms with Crippen molar-refractivity contribution in [1.29, 1.82) is 0 Å². The Bertz CT molecular complexity index is 652. The van der Waals surface area contributed by atoms with Gasteiger partial charge in [0.2, 0.25) is 10.0 Å². The van der Waals surface area contributed by atoms with Gasteiger partial charge in [-0.1, -0.05) is 12.1 Å². The van der Waals surface area contributed by atoms with Gasteiger partial charge in [0.15, 0.2) is 0 Å². The van der Waals surface area contributed by atoms with E-state index in [9.17, 15) is 18.0 Å². The average Bonchev–Trinajstić information content (AvgIpc) is 2.45. The minimum absolute atomic E-state index is 0.0518. The third kappa shape index (κ3) is 4.40. The number of esters is 1. The predicted octanol–water partition coefficient (Wildman–Crippen LogP) is 0.781. The maximum absolute atomic E-state index is 12.1. The Labute approximate surface area is 122 Å². The number of hydrogen-bond donors (Lipinski definition) is 2. The second kappa shape index (κ2) is 7.00. The minimum Gasteiger partial charge on any atom is -0.480 e. The lowest BCUT2D eigenvalue weighted by molar-refractivity contribution is -0.138. The van der Waals surface area contributed by atoms with E-state index in [1.54, 1.807) is 0 Å². The molecule has 21 heavy (non-hydrogen) atoms. The number of carbonyl (C=O) groups is 2. The van der Waals surface area contributed by atoms with Gasteiger partial charge in [-0.15, -0.1) is 6.58 Å². The van der Waals surface area contributed by atoms with Crippen molar-refractivity contribution in [2.24, 2.45) is 0 Å². The van der Waals surface area contributed by atoms with E-state index in [-0.39, 0.29) is 16.9 Å². The van der Waals surface area contributed by atoms with Crippen molar-refractivity contribution in [2.45, 2.75) is 17.4 Å². The standard InChI is InChI=1S/C13H15NO6S/c1-3-5-11(12(15)16)14-21(18,19)10-7-4-6-9(8-10)13(17)20-2/h3-4,6-8,11,14H,1,5H2,2H3,(H,15,16). The molecule has 0 amide bonds. The number of ether oxygens (including phenoxy) is 1. The van der Waals surface area contributed by atoms with Gasteiger partial charge >= 0.3 is 11.9 Å². The molecule has 0 saturated carbocycles. The number of carbonyl (C=O) groups excluding carboxylic acids is 1. The average molecular weight is 313 g/mol. The van der Waals surface area contributed by atoms with Gasteiger partial charge in [0, 0.05) is 0 Å². The van der Waals surface area contributed by atoms with Gasteiger partial charge in [-0.25, -0.2) is 13.2 Å². The molecule has 0 heterocycles. The van der Waals surface area contributed by atoms with Crippen LogP contribution < -0.4 is 4.72 Å². The summed E-state index contributed by atoms with van der Waals surface area (Å²) in [6, 6.07) is 3.80. The van der Waals surface area contributed by atoms with Crippen LogP contribution in [0.1, 0.15) is 16.8 Å². The minimum atomic E-state index is -4.08. The van der Waals surface area contributed by atoms with E-state index < -0.39 is 28.0 Å². The number of aliphatic carboxylic acids is 1. The molecule has 1 unspecified atom stereocenters. The molecule has 0 aliphatic carbocycles. The zero-order valence-electron chi connectivity index (χ0n) is 11.3. The zero-order chi connectivity index (χ0) is 16.0. The molecule has 0 aliphatic heterocycles. The molecule has 8 heteroatoms. The summed E-state index contributed by atoms with van der Waals surface area (Å²) in [5.41, 5.74) is 0.0518. The number of carboxylic acids is 1. The van der Waals surface area contributed by atoms with Crippen LogP contribution in [0.4, 0.5) is 0 Å².